The molecule has 0 bridgehead atoms. The van der Waals surface area contributed by atoms with Gasteiger partial charge in [-0.3, -0.25) is 4.79 Å². The van der Waals surface area contributed by atoms with E-state index in [1.54, 1.807) is 6.92 Å². The molecule has 2 atom stereocenters. The third-order valence-corrected chi connectivity index (χ3v) is 4.20. The molecule has 0 N–H and O–H groups in total. The van der Waals surface area contributed by atoms with E-state index in [2.05, 4.69) is 13.8 Å². The highest BCUT2D eigenvalue weighted by atomic mass is 16.7. The van der Waals surface area contributed by atoms with Crippen LogP contribution in [0.25, 0.3) is 0 Å². The van der Waals surface area contributed by atoms with Crippen LogP contribution in [0.1, 0.15) is 27.2 Å². The Morgan fingerprint density at radius 3 is 2.40 bits per heavy atom. The lowest BCUT2D eigenvalue weighted by atomic mass is 9.86. The number of esters is 1. The minimum absolute atomic E-state index is 0.00622. The lowest BCUT2D eigenvalue weighted by Crippen LogP contribution is -2.52. The number of epoxide rings is 1. The molecular weight excluding hydrogens is 260 g/mol. The summed E-state index contributed by atoms with van der Waals surface area (Å²) in [6.07, 6.45) is 4.15. The smallest absolute Gasteiger partial charge is 0.306 e. The maximum Gasteiger partial charge on any atom is 0.306 e. The summed E-state index contributed by atoms with van der Waals surface area (Å²) < 4.78 is 22.7. The third-order valence-electron chi connectivity index (χ3n) is 4.20. The number of hydrogen-bond donors (Lipinski definition) is 0. The molecule has 2 aliphatic heterocycles. The predicted octanol–water partition coefficient (Wildman–Crippen LogP) is 1.66. The second-order valence-corrected chi connectivity index (χ2v) is 6.60. The van der Waals surface area contributed by atoms with Gasteiger partial charge < -0.3 is 18.9 Å². The van der Waals surface area contributed by atoms with E-state index in [1.165, 1.54) is 0 Å². The normalized spacial score (nSPS) is 36.5. The van der Waals surface area contributed by atoms with E-state index >= 15 is 0 Å². The van der Waals surface area contributed by atoms with E-state index in [9.17, 15) is 4.79 Å². The standard InChI is InChI=1S/C15H22O5/c1-4-17-12(16)7-11-14(10-18-14)5-6-15(11)19-8-13(2,3)9-20-15/h5-6,11H,4,7-10H2,1-3H3. The first-order valence-electron chi connectivity index (χ1n) is 7.19. The fourth-order valence-electron chi connectivity index (χ4n) is 2.91. The van der Waals surface area contributed by atoms with Crippen molar-refractivity contribution in [2.45, 2.75) is 38.6 Å². The third kappa shape index (κ3) is 2.28. The lowest BCUT2D eigenvalue weighted by Gasteiger charge is -2.44. The van der Waals surface area contributed by atoms with E-state index in [0.29, 0.717) is 26.4 Å². The molecule has 0 aromatic rings. The fourth-order valence-corrected chi connectivity index (χ4v) is 2.91. The van der Waals surface area contributed by atoms with Crippen LogP contribution in [0.4, 0.5) is 0 Å². The molecule has 0 aromatic heterocycles. The van der Waals surface area contributed by atoms with Gasteiger partial charge in [0.1, 0.15) is 5.60 Å². The van der Waals surface area contributed by atoms with Crippen molar-refractivity contribution in [3.8, 4) is 0 Å². The first kappa shape index (κ1) is 14.0. The average molecular weight is 282 g/mol. The molecule has 2 unspecified atom stereocenters. The highest BCUT2D eigenvalue weighted by molar-refractivity contribution is 5.70. The summed E-state index contributed by atoms with van der Waals surface area (Å²) in [6.45, 7) is 8.21. The van der Waals surface area contributed by atoms with Gasteiger partial charge in [-0.05, 0) is 19.1 Å². The first-order chi connectivity index (χ1) is 9.41. The second-order valence-electron chi connectivity index (χ2n) is 6.60. The minimum atomic E-state index is -0.835. The molecule has 5 heteroatoms. The van der Waals surface area contributed by atoms with Crippen molar-refractivity contribution in [1.82, 2.24) is 0 Å². The Kier molecular flexibility index (Phi) is 3.19. The van der Waals surface area contributed by atoms with Gasteiger partial charge in [0.25, 0.3) is 0 Å². The van der Waals surface area contributed by atoms with Crippen molar-refractivity contribution in [2.24, 2.45) is 11.3 Å². The number of carbonyl (C=O) groups is 1. The quantitative estimate of drug-likeness (QED) is 0.448. The molecule has 2 heterocycles. The van der Waals surface area contributed by atoms with Crippen LogP contribution in [0.15, 0.2) is 12.2 Å². The van der Waals surface area contributed by atoms with Crippen LogP contribution in [-0.2, 0) is 23.7 Å². The molecule has 2 saturated heterocycles. The van der Waals surface area contributed by atoms with E-state index < -0.39 is 11.4 Å². The molecule has 0 aromatic carbocycles. The van der Waals surface area contributed by atoms with Gasteiger partial charge in [-0.25, -0.2) is 0 Å². The molecule has 0 amide bonds. The maximum atomic E-state index is 11.9. The monoisotopic (exact) mass is 282 g/mol. The Morgan fingerprint density at radius 1 is 1.20 bits per heavy atom. The van der Waals surface area contributed by atoms with Gasteiger partial charge >= 0.3 is 5.97 Å². The molecule has 2 fully saturated rings. The Morgan fingerprint density at radius 2 is 1.85 bits per heavy atom. The van der Waals surface area contributed by atoms with Gasteiger partial charge in [-0.15, -0.1) is 0 Å². The SMILES string of the molecule is CCOC(=O)CC1C2(C=CC13OCC(C)(C)CO3)CO2. The van der Waals surface area contributed by atoms with E-state index in [1.807, 2.05) is 12.2 Å². The van der Waals surface area contributed by atoms with E-state index in [0.717, 1.165) is 0 Å². The van der Waals surface area contributed by atoms with Gasteiger partial charge in [0, 0.05) is 5.41 Å². The van der Waals surface area contributed by atoms with E-state index in [4.69, 9.17) is 18.9 Å². The number of hydrogen-bond acceptors (Lipinski definition) is 5. The second kappa shape index (κ2) is 4.55. The molecule has 0 radical (unpaired) electrons. The summed E-state index contributed by atoms with van der Waals surface area (Å²) in [5.74, 6) is -1.23. The van der Waals surface area contributed by atoms with Crippen molar-refractivity contribution in [3.05, 3.63) is 12.2 Å². The molecule has 3 rings (SSSR count). The molecule has 20 heavy (non-hydrogen) atoms. The summed E-state index contributed by atoms with van der Waals surface area (Å²) in [7, 11) is 0. The van der Waals surface area contributed by atoms with Gasteiger partial charge in [-0.2, -0.15) is 0 Å². The van der Waals surface area contributed by atoms with Crippen LogP contribution < -0.4 is 0 Å². The minimum Gasteiger partial charge on any atom is -0.466 e. The largest absolute Gasteiger partial charge is 0.466 e. The van der Waals surface area contributed by atoms with Gasteiger partial charge in [0.2, 0.25) is 0 Å². The Bertz CT molecular complexity index is 426. The summed E-state index contributed by atoms with van der Waals surface area (Å²) >= 11 is 0. The lowest BCUT2D eigenvalue weighted by molar-refractivity contribution is -0.296. The fraction of sp³-hybridized carbons (Fsp3) is 0.800. The van der Waals surface area contributed by atoms with Crippen molar-refractivity contribution in [3.63, 3.8) is 0 Å². The van der Waals surface area contributed by atoms with Crippen LogP contribution in [0.3, 0.4) is 0 Å². The Hall–Kier alpha value is -0.910. The Labute approximate surface area is 119 Å². The van der Waals surface area contributed by atoms with E-state index in [-0.39, 0.29) is 23.7 Å². The maximum absolute atomic E-state index is 11.9. The average Bonchev–Trinajstić information content (AvgIpc) is 3.11. The molecule has 3 aliphatic rings. The highest BCUT2D eigenvalue weighted by Gasteiger charge is 2.64. The summed E-state index contributed by atoms with van der Waals surface area (Å²) in [4.78, 5) is 11.9. The molecule has 5 nitrogen and oxygen atoms in total. The molecule has 0 saturated carbocycles. The van der Waals surface area contributed by atoms with Crippen LogP contribution in [0, 0.1) is 11.3 Å². The first-order valence-corrected chi connectivity index (χ1v) is 7.19. The van der Waals surface area contributed by atoms with Crippen molar-refractivity contribution >= 4 is 5.97 Å². The summed E-state index contributed by atoms with van der Waals surface area (Å²) in [5.41, 5.74) is -0.401. The van der Waals surface area contributed by atoms with Crippen molar-refractivity contribution < 1.29 is 23.7 Å². The van der Waals surface area contributed by atoms with Crippen molar-refractivity contribution in [2.75, 3.05) is 26.4 Å². The summed E-state index contributed by atoms with van der Waals surface area (Å²) in [5, 5.41) is 0. The Balaban J connectivity index is 1.76. The van der Waals surface area contributed by atoms with Gasteiger partial charge in [0.05, 0.1) is 38.8 Å². The predicted molar refractivity (Wildman–Crippen MR) is 71.0 cm³/mol. The molecule has 2 spiro atoms. The molecular formula is C15H22O5. The van der Waals surface area contributed by atoms with Crippen molar-refractivity contribution in [1.29, 1.82) is 0 Å². The number of carbonyl (C=O) groups excluding carboxylic acids is 1. The number of rotatable bonds is 3. The van der Waals surface area contributed by atoms with Gasteiger partial charge in [-0.1, -0.05) is 13.8 Å². The van der Waals surface area contributed by atoms with Gasteiger partial charge in [0.15, 0.2) is 5.79 Å². The zero-order chi connectivity index (χ0) is 14.4. The topological polar surface area (TPSA) is 57.3 Å². The highest BCUT2D eigenvalue weighted by Crippen LogP contribution is 2.53. The van der Waals surface area contributed by atoms with Crippen LogP contribution in [0.2, 0.25) is 0 Å². The summed E-state index contributed by atoms with van der Waals surface area (Å²) in [6, 6.07) is 0. The zero-order valence-electron chi connectivity index (χ0n) is 12.3. The number of ether oxygens (including phenoxy) is 4. The zero-order valence-corrected chi connectivity index (χ0v) is 12.3. The molecule has 1 aliphatic carbocycles. The van der Waals surface area contributed by atoms with Crippen LogP contribution in [-0.4, -0.2) is 43.8 Å². The molecule has 112 valence electrons. The van der Waals surface area contributed by atoms with Crippen LogP contribution >= 0.6 is 0 Å². The van der Waals surface area contributed by atoms with Crippen LogP contribution in [0.5, 0.6) is 0 Å².